The minimum absolute atomic E-state index is 0.0378. The molecule has 1 aliphatic heterocycles. The van der Waals surface area contributed by atoms with Gasteiger partial charge in [0.15, 0.2) is 15.7 Å². The fraction of sp³-hybridized carbons (Fsp3) is 0.375. The van der Waals surface area contributed by atoms with Gasteiger partial charge in [-0.05, 0) is 97.5 Å². The van der Waals surface area contributed by atoms with Gasteiger partial charge in [0.05, 0.1) is 46.0 Å². The Balaban J connectivity index is 1.07. The van der Waals surface area contributed by atoms with E-state index in [9.17, 15) is 17.2 Å². The van der Waals surface area contributed by atoms with Gasteiger partial charge in [-0.15, -0.1) is 5.10 Å². The molecule has 0 amide bonds. The number of likely N-dealkylation sites (tertiary alicyclic amines) is 1. The van der Waals surface area contributed by atoms with Crippen LogP contribution in [0.15, 0.2) is 57.6 Å². The van der Waals surface area contributed by atoms with Gasteiger partial charge in [0.1, 0.15) is 34.7 Å². The zero-order valence-electron chi connectivity index (χ0n) is 24.4. The molecular formula is C32H32BrF2N5O4S. The van der Waals surface area contributed by atoms with Gasteiger partial charge in [0, 0.05) is 23.2 Å². The molecule has 0 bridgehead atoms. The molecule has 9 nitrogen and oxygen atoms in total. The van der Waals surface area contributed by atoms with Crippen LogP contribution in [0.25, 0.3) is 21.8 Å². The number of furan rings is 1. The number of aromatic nitrogens is 3. The summed E-state index contributed by atoms with van der Waals surface area (Å²) in [7, 11) is -3.40. The van der Waals surface area contributed by atoms with Crippen molar-refractivity contribution >= 4 is 59.1 Å². The molecule has 236 valence electrons. The number of hydrogen-bond acceptors (Lipinski definition) is 8. The molecule has 3 aromatic heterocycles. The summed E-state index contributed by atoms with van der Waals surface area (Å²) in [5.74, 6) is 0.575. The predicted molar refractivity (Wildman–Crippen MR) is 171 cm³/mol. The van der Waals surface area contributed by atoms with Crippen LogP contribution < -0.4 is 10.1 Å². The fourth-order valence-electron chi connectivity index (χ4n) is 6.08. The van der Waals surface area contributed by atoms with Crippen LogP contribution in [-0.4, -0.2) is 53.5 Å². The number of rotatable bonds is 12. The molecular weight excluding hydrogens is 668 g/mol. The third-order valence-electron chi connectivity index (χ3n) is 8.22. The second-order valence-corrected chi connectivity index (χ2v) is 14.8. The number of nitrogens with one attached hydrogen (secondary N) is 1. The minimum Gasteiger partial charge on any atom is -0.492 e. The Morgan fingerprint density at radius 1 is 1.02 bits per heavy atom. The van der Waals surface area contributed by atoms with E-state index in [1.807, 2.05) is 18.2 Å². The van der Waals surface area contributed by atoms with Crippen molar-refractivity contribution in [2.45, 2.75) is 50.4 Å². The molecule has 4 heterocycles. The van der Waals surface area contributed by atoms with Crippen molar-refractivity contribution in [2.75, 3.05) is 30.8 Å². The second-order valence-electron chi connectivity index (χ2n) is 11.8. The summed E-state index contributed by atoms with van der Waals surface area (Å²) in [4.78, 5) is 2.31. The van der Waals surface area contributed by atoms with E-state index >= 15 is 0 Å². The number of benzene rings is 2. The van der Waals surface area contributed by atoms with Gasteiger partial charge in [-0.2, -0.15) is 5.10 Å². The highest BCUT2D eigenvalue weighted by molar-refractivity contribution is 9.10. The Morgan fingerprint density at radius 3 is 2.53 bits per heavy atom. The van der Waals surface area contributed by atoms with E-state index in [2.05, 4.69) is 40.9 Å². The number of halogens is 3. The minimum atomic E-state index is -3.40. The van der Waals surface area contributed by atoms with Crippen LogP contribution in [0, 0.1) is 11.6 Å². The summed E-state index contributed by atoms with van der Waals surface area (Å²) in [6.45, 7) is 2.99. The van der Waals surface area contributed by atoms with E-state index in [4.69, 9.17) is 9.15 Å². The van der Waals surface area contributed by atoms with Gasteiger partial charge in [-0.3, -0.25) is 4.90 Å². The highest BCUT2D eigenvalue weighted by Crippen LogP contribution is 2.46. The molecule has 0 radical (unpaired) electrons. The van der Waals surface area contributed by atoms with Gasteiger partial charge in [0.2, 0.25) is 0 Å². The average Bonchev–Trinajstić information content (AvgIpc) is 3.35. The Labute approximate surface area is 267 Å². The first-order chi connectivity index (χ1) is 21.7. The van der Waals surface area contributed by atoms with Crippen LogP contribution in [0.4, 0.5) is 20.3 Å². The maximum atomic E-state index is 13.9. The number of hydrogen-bond donors (Lipinski definition) is 1. The van der Waals surface area contributed by atoms with Crippen LogP contribution in [-0.2, 0) is 22.1 Å². The van der Waals surface area contributed by atoms with E-state index in [-0.39, 0.29) is 23.8 Å². The summed E-state index contributed by atoms with van der Waals surface area (Å²) in [6, 6.07) is 11.0. The second kappa shape index (κ2) is 12.3. The maximum absolute atomic E-state index is 13.9. The highest BCUT2D eigenvalue weighted by atomic mass is 79.9. The van der Waals surface area contributed by atoms with Crippen molar-refractivity contribution in [1.82, 2.24) is 19.7 Å². The number of anilines is 2. The molecule has 0 unspecified atom stereocenters. The number of sulfone groups is 1. The zero-order chi connectivity index (χ0) is 31.1. The molecule has 5 aromatic rings. The van der Waals surface area contributed by atoms with Crippen LogP contribution in [0.2, 0.25) is 0 Å². The normalized spacial score (nSPS) is 15.8. The number of ether oxygens (including phenoxy) is 1. The highest BCUT2D eigenvalue weighted by Gasteiger charge is 2.29. The molecule has 45 heavy (non-hydrogen) atoms. The molecule has 0 atom stereocenters. The first-order valence-electron chi connectivity index (χ1n) is 15.1. The molecule has 2 fully saturated rings. The summed E-state index contributed by atoms with van der Waals surface area (Å²) in [6.07, 6.45) is 6.43. The lowest BCUT2D eigenvalue weighted by Crippen LogP contribution is -2.17. The molecule has 7 rings (SSSR count). The van der Waals surface area contributed by atoms with Gasteiger partial charge in [-0.1, -0.05) is 0 Å². The lowest BCUT2D eigenvalue weighted by atomic mass is 10.2. The summed E-state index contributed by atoms with van der Waals surface area (Å²) in [5, 5.41) is 13.1. The first-order valence-corrected chi connectivity index (χ1v) is 17.7. The third-order valence-corrected chi connectivity index (χ3v) is 10.5. The maximum Gasteiger partial charge on any atom is 0.163 e. The number of nitrogens with zero attached hydrogens (tertiary/aromatic N) is 4. The Morgan fingerprint density at radius 2 is 1.78 bits per heavy atom. The summed E-state index contributed by atoms with van der Waals surface area (Å²) in [5.41, 5.74) is 2.01. The quantitative estimate of drug-likeness (QED) is 0.136. The number of fused-ring (bicyclic) bond motifs is 3. The van der Waals surface area contributed by atoms with Crippen molar-refractivity contribution in [3.63, 3.8) is 0 Å². The fourth-order valence-corrected chi connectivity index (χ4v) is 7.82. The molecule has 2 aromatic carbocycles. The van der Waals surface area contributed by atoms with Crippen molar-refractivity contribution in [1.29, 1.82) is 0 Å². The molecule has 0 spiro atoms. The van der Waals surface area contributed by atoms with Crippen LogP contribution in [0.3, 0.4) is 0 Å². The van der Waals surface area contributed by atoms with Crippen molar-refractivity contribution in [3.05, 3.63) is 76.3 Å². The Kier molecular flexibility index (Phi) is 8.25. The zero-order valence-corrected chi connectivity index (χ0v) is 26.8. The third kappa shape index (κ3) is 6.70. The lowest BCUT2D eigenvalue weighted by Gasteiger charge is -2.12. The Bertz CT molecular complexity index is 1970. The van der Waals surface area contributed by atoms with Gasteiger partial charge < -0.3 is 19.0 Å². The van der Waals surface area contributed by atoms with E-state index < -0.39 is 21.5 Å². The summed E-state index contributed by atoms with van der Waals surface area (Å²) < 4.78 is 68.4. The van der Waals surface area contributed by atoms with E-state index in [1.165, 1.54) is 25.0 Å². The molecule has 13 heteroatoms. The average molecular weight is 701 g/mol. The van der Waals surface area contributed by atoms with Crippen LogP contribution in [0.5, 0.6) is 5.75 Å². The van der Waals surface area contributed by atoms with E-state index in [0.29, 0.717) is 36.3 Å². The van der Waals surface area contributed by atoms with Crippen molar-refractivity contribution < 1.29 is 26.4 Å². The summed E-state index contributed by atoms with van der Waals surface area (Å²) >= 11 is 3.63. The largest absolute Gasteiger partial charge is 0.492 e. The lowest BCUT2D eigenvalue weighted by molar-refractivity contribution is 0.294. The van der Waals surface area contributed by atoms with Crippen LogP contribution >= 0.6 is 15.9 Å². The topological polar surface area (TPSA) is 102 Å². The van der Waals surface area contributed by atoms with Gasteiger partial charge >= 0.3 is 0 Å². The molecule has 1 aliphatic carbocycles. The SMILES string of the molecule is O=S(=O)(CCCOc1cc2c3c(Nc4cc(F)cc(F)c4)nncc3n(C3CC3)c2cc1Br)Cc1ccc(CN2CCCC2)o1. The van der Waals surface area contributed by atoms with Crippen molar-refractivity contribution in [2.24, 2.45) is 0 Å². The molecule has 2 aliphatic rings. The van der Waals surface area contributed by atoms with E-state index in [0.717, 1.165) is 64.0 Å². The van der Waals surface area contributed by atoms with E-state index in [1.54, 1.807) is 12.3 Å². The van der Waals surface area contributed by atoms with Gasteiger partial charge in [0.25, 0.3) is 0 Å². The molecule has 1 N–H and O–H groups in total. The smallest absolute Gasteiger partial charge is 0.163 e. The first kappa shape index (κ1) is 30.1. The standard InChI is InChI=1S/C32H32BrF2N5O4S/c33-27-16-28-26(31-29(40(28)23-4-5-23)17-36-38-32(31)37-22-13-20(34)12-21(35)14-22)15-30(27)43-10-3-11-45(41,42)19-25-7-6-24(44-25)18-39-8-1-2-9-39/h6-7,12-17,23H,1-5,8-11,18-19H2,(H,37,38). The predicted octanol–water partition coefficient (Wildman–Crippen LogP) is 7.28. The Hall–Kier alpha value is -3.55. The molecule has 1 saturated carbocycles. The van der Waals surface area contributed by atoms with Crippen LogP contribution in [0.1, 0.15) is 49.7 Å². The van der Waals surface area contributed by atoms with Gasteiger partial charge in [-0.25, -0.2) is 17.2 Å². The van der Waals surface area contributed by atoms with Crippen molar-refractivity contribution in [3.8, 4) is 5.75 Å². The monoisotopic (exact) mass is 699 g/mol. The molecule has 1 saturated heterocycles.